The quantitative estimate of drug-likeness (QED) is 0.720. The molecule has 1 aliphatic carbocycles. The molecule has 2 heteroatoms. The molecular formula is C20H27O2+. The molecule has 0 saturated heterocycles. The number of carbonyl (C=O) groups excluding carboxylic acids is 1. The van der Waals surface area contributed by atoms with E-state index in [1.807, 2.05) is 19.1 Å². The van der Waals surface area contributed by atoms with E-state index < -0.39 is 5.41 Å². The first-order valence-corrected chi connectivity index (χ1v) is 7.81. The highest BCUT2D eigenvalue weighted by Gasteiger charge is 2.48. The van der Waals surface area contributed by atoms with Gasteiger partial charge in [-0.05, 0) is 69.4 Å². The van der Waals surface area contributed by atoms with Gasteiger partial charge in [-0.3, -0.25) is 4.79 Å². The van der Waals surface area contributed by atoms with E-state index >= 15 is 0 Å². The highest BCUT2D eigenvalue weighted by Crippen LogP contribution is 2.44. The van der Waals surface area contributed by atoms with Crippen molar-refractivity contribution >= 4 is 5.78 Å². The van der Waals surface area contributed by atoms with E-state index in [1.54, 1.807) is 7.11 Å². The fourth-order valence-corrected chi connectivity index (χ4v) is 3.43. The summed E-state index contributed by atoms with van der Waals surface area (Å²) in [7, 11) is 1.67. The van der Waals surface area contributed by atoms with E-state index in [4.69, 9.17) is 4.74 Å². The molecule has 0 radical (unpaired) electrons. The number of benzene rings is 1. The molecule has 2 nitrogen and oxygen atoms in total. The lowest BCUT2D eigenvalue weighted by molar-refractivity contribution is 0.412. The summed E-state index contributed by atoms with van der Waals surface area (Å²) in [6, 6.07) is 8.04. The van der Waals surface area contributed by atoms with Crippen molar-refractivity contribution in [2.75, 3.05) is 7.11 Å². The first-order chi connectivity index (χ1) is 10.2. The van der Waals surface area contributed by atoms with Gasteiger partial charge in [0.2, 0.25) is 0 Å². The maximum Gasteiger partial charge on any atom is 0.330 e. The van der Waals surface area contributed by atoms with Crippen molar-refractivity contribution in [1.82, 2.24) is 0 Å². The number of ketones is 1. The van der Waals surface area contributed by atoms with Crippen LogP contribution in [0.1, 0.15) is 47.1 Å². The summed E-state index contributed by atoms with van der Waals surface area (Å²) in [6.45, 7) is 12.8. The van der Waals surface area contributed by atoms with Gasteiger partial charge in [-0.15, -0.1) is 0 Å². The molecule has 1 aromatic carbocycles. The summed E-state index contributed by atoms with van der Waals surface area (Å²) in [5.41, 5.74) is 5.46. The van der Waals surface area contributed by atoms with Gasteiger partial charge in [0.05, 0.1) is 12.7 Å². The molecule has 0 fully saturated rings. The van der Waals surface area contributed by atoms with Gasteiger partial charge in [0.25, 0.3) is 0 Å². The smallest absolute Gasteiger partial charge is 0.330 e. The third-order valence-corrected chi connectivity index (χ3v) is 5.77. The zero-order valence-corrected chi connectivity index (χ0v) is 14.7. The Bertz CT molecular complexity index is 661. The Morgan fingerprint density at radius 3 is 2.00 bits per heavy atom. The van der Waals surface area contributed by atoms with Gasteiger partial charge >= 0.3 is 5.78 Å². The average molecular weight is 299 g/mol. The molecule has 1 N–H and O–H groups in total. The lowest BCUT2D eigenvalue weighted by atomic mass is 9.66. The lowest BCUT2D eigenvalue weighted by Crippen LogP contribution is -2.40. The standard InChI is InChI=1S/C20H26O2/c1-12-13(2)15(4)19(21)20(6,16(5)14(12)3)17-8-10-18(22-7)11-9-17/h8-11,16H,1-7H3/p+1. The number of allylic oxidation sites excluding steroid dienone is 4. The van der Waals surface area contributed by atoms with E-state index in [1.165, 1.54) is 16.7 Å². The Kier molecular flexibility index (Phi) is 4.32. The Balaban J connectivity index is 2.67. The number of rotatable bonds is 2. The molecule has 22 heavy (non-hydrogen) atoms. The SMILES string of the molecule is COc1ccc(C2(C)C(=[OH+])C(C)=C(C)C(C)=C(C)C2C)cc1. The van der Waals surface area contributed by atoms with Gasteiger partial charge < -0.3 is 4.74 Å². The van der Waals surface area contributed by atoms with E-state index in [0.717, 1.165) is 16.9 Å². The van der Waals surface area contributed by atoms with Gasteiger partial charge in [-0.2, -0.15) is 0 Å². The Hall–Kier alpha value is -1.83. The molecule has 0 aliphatic heterocycles. The Morgan fingerprint density at radius 1 is 0.955 bits per heavy atom. The Morgan fingerprint density at radius 2 is 1.50 bits per heavy atom. The van der Waals surface area contributed by atoms with Crippen LogP contribution in [-0.2, 0) is 5.41 Å². The van der Waals surface area contributed by atoms with Gasteiger partial charge in [-0.1, -0.05) is 24.6 Å². The topological polar surface area (TPSA) is 30.6 Å². The van der Waals surface area contributed by atoms with Gasteiger partial charge in [-0.25, -0.2) is 0 Å². The van der Waals surface area contributed by atoms with Crippen molar-refractivity contribution in [3.8, 4) is 5.75 Å². The average Bonchev–Trinajstić information content (AvgIpc) is 2.59. The molecule has 1 aromatic rings. The normalized spacial score (nSPS) is 26.3. The first kappa shape index (κ1) is 16.5. The van der Waals surface area contributed by atoms with Crippen molar-refractivity contribution < 1.29 is 9.53 Å². The largest absolute Gasteiger partial charge is 0.497 e. The van der Waals surface area contributed by atoms with Crippen LogP contribution in [0.4, 0.5) is 0 Å². The van der Waals surface area contributed by atoms with Crippen molar-refractivity contribution in [2.45, 2.75) is 47.0 Å². The van der Waals surface area contributed by atoms with Crippen molar-refractivity contribution in [3.63, 3.8) is 0 Å². The van der Waals surface area contributed by atoms with Crippen LogP contribution in [0.2, 0.25) is 0 Å². The van der Waals surface area contributed by atoms with E-state index in [9.17, 15) is 4.79 Å². The van der Waals surface area contributed by atoms with Crippen LogP contribution in [-0.4, -0.2) is 17.7 Å². The molecule has 0 amide bonds. The predicted molar refractivity (Wildman–Crippen MR) is 93.2 cm³/mol. The minimum atomic E-state index is -0.431. The van der Waals surface area contributed by atoms with E-state index in [2.05, 4.69) is 46.8 Å². The summed E-state index contributed by atoms with van der Waals surface area (Å²) in [6.07, 6.45) is 0. The zero-order chi connectivity index (χ0) is 16.7. The second-order valence-electron chi connectivity index (χ2n) is 6.56. The molecule has 0 heterocycles. The first-order valence-electron chi connectivity index (χ1n) is 7.81. The lowest BCUT2D eigenvalue weighted by Gasteiger charge is -2.32. The van der Waals surface area contributed by atoms with Crippen LogP contribution < -0.4 is 4.74 Å². The van der Waals surface area contributed by atoms with Gasteiger partial charge in [0, 0.05) is 0 Å². The van der Waals surface area contributed by atoms with Crippen LogP contribution in [0.3, 0.4) is 0 Å². The summed E-state index contributed by atoms with van der Waals surface area (Å²) in [4.78, 5) is 11.0. The number of methoxy groups -OCH3 is 1. The fourth-order valence-electron chi connectivity index (χ4n) is 3.43. The van der Waals surface area contributed by atoms with Crippen LogP contribution in [0.5, 0.6) is 5.75 Å². The summed E-state index contributed by atoms with van der Waals surface area (Å²) < 4.78 is 5.26. The monoisotopic (exact) mass is 299 g/mol. The molecule has 1 aliphatic rings. The number of hydrogen-bond donors (Lipinski definition) is 0. The van der Waals surface area contributed by atoms with E-state index in [-0.39, 0.29) is 5.92 Å². The summed E-state index contributed by atoms with van der Waals surface area (Å²) in [5.74, 6) is 1.52. The molecule has 2 unspecified atom stereocenters. The third-order valence-electron chi connectivity index (χ3n) is 5.77. The molecule has 2 atom stereocenters. The molecule has 2 rings (SSSR count). The molecular weight excluding hydrogens is 272 g/mol. The summed E-state index contributed by atoms with van der Waals surface area (Å²) in [5, 5.41) is 0. The highest BCUT2D eigenvalue weighted by atomic mass is 16.5. The zero-order valence-electron chi connectivity index (χ0n) is 14.7. The molecule has 0 spiro atoms. The van der Waals surface area contributed by atoms with Gasteiger partial charge in [0.15, 0.2) is 0 Å². The maximum absolute atomic E-state index is 11.0. The number of ether oxygens (including phenoxy) is 1. The molecule has 118 valence electrons. The Labute approximate surface area is 133 Å². The maximum atomic E-state index is 11.0. The third kappa shape index (κ3) is 2.31. The van der Waals surface area contributed by atoms with E-state index in [0.29, 0.717) is 5.78 Å². The number of hydrogen-bond acceptors (Lipinski definition) is 1. The van der Waals surface area contributed by atoms with Crippen LogP contribution in [0.25, 0.3) is 0 Å². The van der Waals surface area contributed by atoms with Crippen molar-refractivity contribution in [2.24, 2.45) is 5.92 Å². The fraction of sp³-hybridized carbons (Fsp3) is 0.450. The van der Waals surface area contributed by atoms with Crippen molar-refractivity contribution in [1.29, 1.82) is 0 Å². The van der Waals surface area contributed by atoms with Gasteiger partial charge in [0.1, 0.15) is 11.2 Å². The summed E-state index contributed by atoms with van der Waals surface area (Å²) >= 11 is 0. The predicted octanol–water partition coefficient (Wildman–Crippen LogP) is 4.82. The van der Waals surface area contributed by atoms with Crippen molar-refractivity contribution in [3.05, 3.63) is 52.1 Å². The molecule has 0 bridgehead atoms. The van der Waals surface area contributed by atoms with Crippen LogP contribution >= 0.6 is 0 Å². The molecule has 0 aromatic heterocycles. The second-order valence-corrected chi connectivity index (χ2v) is 6.56. The second kappa shape index (κ2) is 5.75. The van der Waals surface area contributed by atoms with Crippen LogP contribution in [0, 0.1) is 5.92 Å². The highest BCUT2D eigenvalue weighted by molar-refractivity contribution is 6.05. The van der Waals surface area contributed by atoms with Crippen LogP contribution in [0.15, 0.2) is 46.6 Å². The minimum absolute atomic E-state index is 0.216. The molecule has 0 saturated carbocycles. The minimum Gasteiger partial charge on any atom is -0.497 e.